The summed E-state index contributed by atoms with van der Waals surface area (Å²) in [6, 6.07) is 21.0. The topological polar surface area (TPSA) is 34.1 Å². The Hall–Kier alpha value is -1.84. The highest BCUT2D eigenvalue weighted by molar-refractivity contribution is 7.90. The van der Waals surface area contributed by atoms with Crippen molar-refractivity contribution in [3.05, 3.63) is 82.9 Å². The molecule has 2 nitrogen and oxygen atoms in total. The van der Waals surface area contributed by atoms with Crippen LogP contribution in [0.1, 0.15) is 11.1 Å². The third-order valence-electron chi connectivity index (χ3n) is 3.90. The Morgan fingerprint density at radius 3 is 2.26 bits per heavy atom. The van der Waals surface area contributed by atoms with E-state index in [1.807, 2.05) is 60.7 Å². The molecule has 0 saturated carbocycles. The van der Waals surface area contributed by atoms with Gasteiger partial charge in [-0.05, 0) is 34.4 Å². The predicted molar refractivity (Wildman–Crippen MR) is 96.6 cm³/mol. The van der Waals surface area contributed by atoms with Gasteiger partial charge >= 0.3 is 0 Å². The average molecular weight is 345 g/mol. The van der Waals surface area contributed by atoms with Gasteiger partial charge < -0.3 is 0 Å². The molecule has 3 aromatic rings. The van der Waals surface area contributed by atoms with Crippen molar-refractivity contribution < 1.29 is 8.42 Å². The molecule has 0 amide bonds. The lowest BCUT2D eigenvalue weighted by Crippen LogP contribution is -2.12. The Morgan fingerprint density at radius 2 is 1.43 bits per heavy atom. The molecule has 0 saturated heterocycles. The highest BCUT2D eigenvalue weighted by atomic mass is 35.5. The SMILES string of the molecule is O=S(=O)(CCc1ccccc1Cl)Cc1cccc2ccccc12. The van der Waals surface area contributed by atoms with E-state index in [1.54, 1.807) is 6.07 Å². The molecule has 0 aromatic heterocycles. The van der Waals surface area contributed by atoms with Crippen LogP contribution in [0.4, 0.5) is 0 Å². The number of benzene rings is 3. The molecule has 0 fully saturated rings. The number of rotatable bonds is 5. The lowest BCUT2D eigenvalue weighted by atomic mass is 10.1. The minimum absolute atomic E-state index is 0.0544. The first kappa shape index (κ1) is 16.0. The van der Waals surface area contributed by atoms with Crippen molar-refractivity contribution in [1.29, 1.82) is 0 Å². The zero-order valence-corrected chi connectivity index (χ0v) is 14.1. The molecule has 0 bridgehead atoms. The minimum Gasteiger partial charge on any atom is -0.228 e. The fourth-order valence-corrected chi connectivity index (χ4v) is 4.33. The van der Waals surface area contributed by atoms with Crippen molar-refractivity contribution in [3.63, 3.8) is 0 Å². The van der Waals surface area contributed by atoms with Crippen molar-refractivity contribution in [2.45, 2.75) is 12.2 Å². The highest BCUT2D eigenvalue weighted by Crippen LogP contribution is 2.22. The minimum atomic E-state index is -3.20. The number of aryl methyl sites for hydroxylation is 1. The summed E-state index contributed by atoms with van der Waals surface area (Å²) in [5.41, 5.74) is 1.72. The van der Waals surface area contributed by atoms with Crippen LogP contribution >= 0.6 is 11.6 Å². The summed E-state index contributed by atoms with van der Waals surface area (Å²) in [6.07, 6.45) is 0.437. The first-order valence-electron chi connectivity index (χ1n) is 7.46. The van der Waals surface area contributed by atoms with E-state index in [-0.39, 0.29) is 11.5 Å². The molecule has 118 valence electrons. The maximum Gasteiger partial charge on any atom is 0.154 e. The van der Waals surface area contributed by atoms with Gasteiger partial charge in [-0.2, -0.15) is 0 Å². The van der Waals surface area contributed by atoms with Crippen LogP contribution in [0.5, 0.6) is 0 Å². The highest BCUT2D eigenvalue weighted by Gasteiger charge is 2.15. The zero-order chi connectivity index (χ0) is 16.3. The largest absolute Gasteiger partial charge is 0.228 e. The second-order valence-corrected chi connectivity index (χ2v) is 8.16. The van der Waals surface area contributed by atoms with Gasteiger partial charge in [0.25, 0.3) is 0 Å². The van der Waals surface area contributed by atoms with Gasteiger partial charge in [-0.25, -0.2) is 8.42 Å². The molecule has 0 aliphatic rings. The molecule has 3 aromatic carbocycles. The smallest absolute Gasteiger partial charge is 0.154 e. The summed E-state index contributed by atoms with van der Waals surface area (Å²) >= 11 is 6.10. The molecular formula is C19H17ClO2S. The molecule has 0 spiro atoms. The van der Waals surface area contributed by atoms with Crippen LogP contribution in [0.3, 0.4) is 0 Å². The fraction of sp³-hybridized carbons (Fsp3) is 0.158. The molecular weight excluding hydrogens is 328 g/mol. The van der Waals surface area contributed by atoms with E-state index in [1.165, 1.54) is 0 Å². The lowest BCUT2D eigenvalue weighted by Gasteiger charge is -2.09. The van der Waals surface area contributed by atoms with Gasteiger partial charge in [-0.3, -0.25) is 0 Å². The maximum absolute atomic E-state index is 12.5. The molecule has 23 heavy (non-hydrogen) atoms. The van der Waals surface area contributed by atoms with Crippen LogP contribution < -0.4 is 0 Å². The molecule has 0 unspecified atom stereocenters. The molecule has 0 radical (unpaired) electrons. The van der Waals surface area contributed by atoms with Crippen LogP contribution in [0.25, 0.3) is 10.8 Å². The molecule has 0 N–H and O–H groups in total. The van der Waals surface area contributed by atoms with E-state index in [0.717, 1.165) is 21.9 Å². The second kappa shape index (κ2) is 6.73. The van der Waals surface area contributed by atoms with E-state index in [0.29, 0.717) is 11.4 Å². The van der Waals surface area contributed by atoms with Crippen LogP contribution in [0.15, 0.2) is 66.7 Å². The number of sulfone groups is 1. The molecule has 4 heteroatoms. The lowest BCUT2D eigenvalue weighted by molar-refractivity contribution is 0.594. The van der Waals surface area contributed by atoms with Gasteiger partial charge in [0, 0.05) is 5.02 Å². The third kappa shape index (κ3) is 3.92. The van der Waals surface area contributed by atoms with E-state index < -0.39 is 9.84 Å². The number of fused-ring (bicyclic) bond motifs is 1. The number of hydrogen-bond acceptors (Lipinski definition) is 2. The molecule has 0 atom stereocenters. The summed E-state index contributed by atoms with van der Waals surface area (Å²) in [5, 5.41) is 2.68. The molecule has 3 rings (SSSR count). The van der Waals surface area contributed by atoms with E-state index >= 15 is 0 Å². The van der Waals surface area contributed by atoms with Gasteiger partial charge in [0.15, 0.2) is 9.84 Å². The Bertz CT molecular complexity index is 928. The predicted octanol–water partition coefficient (Wildman–Crippen LogP) is 4.65. The van der Waals surface area contributed by atoms with Gasteiger partial charge in [-0.1, -0.05) is 72.3 Å². The standard InChI is InChI=1S/C19H17ClO2S/c20-19-11-4-2-7-16(19)12-13-23(21,22)14-17-9-5-8-15-6-1-3-10-18(15)17/h1-11H,12-14H2. The van der Waals surface area contributed by atoms with Crippen molar-refractivity contribution in [2.24, 2.45) is 0 Å². The van der Waals surface area contributed by atoms with Crippen molar-refractivity contribution >= 4 is 32.2 Å². The Morgan fingerprint density at radius 1 is 0.783 bits per heavy atom. The summed E-state index contributed by atoms with van der Waals surface area (Å²) in [4.78, 5) is 0. The van der Waals surface area contributed by atoms with E-state index in [4.69, 9.17) is 11.6 Å². The second-order valence-electron chi connectivity index (χ2n) is 5.57. The quantitative estimate of drug-likeness (QED) is 0.675. The molecule has 0 heterocycles. The fourth-order valence-electron chi connectivity index (χ4n) is 2.69. The monoisotopic (exact) mass is 344 g/mol. The average Bonchev–Trinajstić information content (AvgIpc) is 2.54. The molecule has 0 aliphatic heterocycles. The van der Waals surface area contributed by atoms with E-state index in [9.17, 15) is 8.42 Å². The summed E-state index contributed by atoms with van der Waals surface area (Å²) in [5.74, 6) is 0.152. The first-order valence-corrected chi connectivity index (χ1v) is 9.65. The number of hydrogen-bond donors (Lipinski definition) is 0. The Kier molecular flexibility index (Phi) is 4.69. The van der Waals surface area contributed by atoms with Crippen molar-refractivity contribution in [3.8, 4) is 0 Å². The van der Waals surface area contributed by atoms with Crippen LogP contribution in [-0.2, 0) is 22.0 Å². The van der Waals surface area contributed by atoms with Crippen molar-refractivity contribution in [1.82, 2.24) is 0 Å². The summed E-state index contributed by atoms with van der Waals surface area (Å²) in [7, 11) is -3.20. The maximum atomic E-state index is 12.5. The van der Waals surface area contributed by atoms with Gasteiger partial charge in [0.1, 0.15) is 0 Å². The first-order chi connectivity index (χ1) is 11.1. The Balaban J connectivity index is 1.79. The summed E-state index contributed by atoms with van der Waals surface area (Å²) < 4.78 is 25.0. The van der Waals surface area contributed by atoms with Crippen molar-refractivity contribution in [2.75, 3.05) is 5.75 Å². The normalized spacial score (nSPS) is 11.7. The Labute approximate surface area is 141 Å². The van der Waals surface area contributed by atoms with Crippen LogP contribution in [-0.4, -0.2) is 14.2 Å². The molecule has 0 aliphatic carbocycles. The number of halogens is 1. The van der Waals surface area contributed by atoms with Gasteiger partial charge in [-0.15, -0.1) is 0 Å². The van der Waals surface area contributed by atoms with Gasteiger partial charge in [0.05, 0.1) is 11.5 Å². The van der Waals surface area contributed by atoms with Gasteiger partial charge in [0.2, 0.25) is 0 Å². The zero-order valence-electron chi connectivity index (χ0n) is 12.6. The van der Waals surface area contributed by atoms with Crippen LogP contribution in [0, 0.1) is 0 Å². The third-order valence-corrected chi connectivity index (χ3v) is 5.84. The summed E-state index contributed by atoms with van der Waals surface area (Å²) in [6.45, 7) is 0. The van der Waals surface area contributed by atoms with Crippen LogP contribution in [0.2, 0.25) is 5.02 Å². The van der Waals surface area contributed by atoms with E-state index in [2.05, 4.69) is 0 Å².